The van der Waals surface area contributed by atoms with E-state index in [1.165, 1.54) is 11.3 Å². The molecule has 0 unspecified atom stereocenters. The monoisotopic (exact) mass is 358 g/mol. The van der Waals surface area contributed by atoms with E-state index in [1.807, 2.05) is 22.8 Å². The highest BCUT2D eigenvalue weighted by molar-refractivity contribution is 7.16. The van der Waals surface area contributed by atoms with Crippen LogP contribution in [-0.4, -0.2) is 17.6 Å². The van der Waals surface area contributed by atoms with Gasteiger partial charge in [-0.05, 0) is 36.4 Å². The first-order valence-electron chi connectivity index (χ1n) is 7.26. The number of aromatic nitrogens is 1. The van der Waals surface area contributed by atoms with Crippen LogP contribution < -0.4 is 9.54 Å². The fraction of sp³-hybridized carbons (Fsp3) is 0.111. The van der Waals surface area contributed by atoms with Crippen LogP contribution in [0.4, 0.5) is 0 Å². The molecule has 0 saturated heterocycles. The number of benzene rings is 2. The van der Waals surface area contributed by atoms with Crippen LogP contribution in [0.2, 0.25) is 5.02 Å². The van der Waals surface area contributed by atoms with E-state index in [0.29, 0.717) is 21.9 Å². The van der Waals surface area contributed by atoms with E-state index in [4.69, 9.17) is 16.3 Å². The van der Waals surface area contributed by atoms with Crippen molar-refractivity contribution >= 4 is 39.1 Å². The molecule has 0 radical (unpaired) electrons. The Bertz CT molecular complexity index is 971. The lowest BCUT2D eigenvalue weighted by Crippen LogP contribution is -2.16. The summed E-state index contributed by atoms with van der Waals surface area (Å²) in [6, 6.07) is 12.5. The van der Waals surface area contributed by atoms with Crippen LogP contribution in [0.1, 0.15) is 10.4 Å². The van der Waals surface area contributed by atoms with Crippen molar-refractivity contribution in [2.75, 3.05) is 7.11 Å². The first-order chi connectivity index (χ1) is 11.6. The molecular weight excluding hydrogens is 344 g/mol. The molecule has 0 spiro atoms. The highest BCUT2D eigenvalue weighted by Crippen LogP contribution is 2.27. The van der Waals surface area contributed by atoms with Crippen molar-refractivity contribution in [3.8, 4) is 5.75 Å². The van der Waals surface area contributed by atoms with Crippen molar-refractivity contribution in [1.29, 1.82) is 0 Å². The van der Waals surface area contributed by atoms with Gasteiger partial charge in [-0.1, -0.05) is 35.1 Å². The van der Waals surface area contributed by atoms with Crippen molar-refractivity contribution in [2.45, 2.75) is 6.54 Å². The number of amides is 1. The van der Waals surface area contributed by atoms with Gasteiger partial charge in [0, 0.05) is 17.1 Å². The van der Waals surface area contributed by atoms with E-state index in [-0.39, 0.29) is 5.91 Å². The molecule has 0 aliphatic heterocycles. The van der Waals surface area contributed by atoms with Crippen LogP contribution in [-0.2, 0) is 6.54 Å². The van der Waals surface area contributed by atoms with Gasteiger partial charge in [0.2, 0.25) is 0 Å². The Kier molecular flexibility index (Phi) is 4.83. The van der Waals surface area contributed by atoms with Gasteiger partial charge in [-0.2, -0.15) is 4.99 Å². The maximum absolute atomic E-state index is 12.4. The van der Waals surface area contributed by atoms with Gasteiger partial charge in [-0.3, -0.25) is 4.79 Å². The Labute approximate surface area is 148 Å². The van der Waals surface area contributed by atoms with Gasteiger partial charge in [0.05, 0.1) is 11.8 Å². The molecule has 0 fully saturated rings. The molecule has 0 N–H and O–H groups in total. The van der Waals surface area contributed by atoms with Gasteiger partial charge in [-0.15, -0.1) is 6.58 Å². The Balaban J connectivity index is 2.17. The topological polar surface area (TPSA) is 43.6 Å². The minimum Gasteiger partial charge on any atom is -0.495 e. The number of hydrogen-bond donors (Lipinski definition) is 0. The number of allylic oxidation sites excluding steroid dienone is 1. The summed E-state index contributed by atoms with van der Waals surface area (Å²) in [5.41, 5.74) is 1.40. The van der Waals surface area contributed by atoms with Gasteiger partial charge < -0.3 is 9.30 Å². The van der Waals surface area contributed by atoms with E-state index < -0.39 is 0 Å². The third kappa shape index (κ3) is 3.13. The summed E-state index contributed by atoms with van der Waals surface area (Å²) in [7, 11) is 1.63. The molecule has 122 valence electrons. The van der Waals surface area contributed by atoms with Gasteiger partial charge >= 0.3 is 0 Å². The Morgan fingerprint density at radius 2 is 2.08 bits per heavy atom. The second kappa shape index (κ2) is 7.03. The average molecular weight is 359 g/mol. The largest absolute Gasteiger partial charge is 0.495 e. The van der Waals surface area contributed by atoms with Crippen LogP contribution in [0.3, 0.4) is 0 Å². The quantitative estimate of drug-likeness (QED) is 0.653. The fourth-order valence-electron chi connectivity index (χ4n) is 2.39. The van der Waals surface area contributed by atoms with Crippen LogP contribution in [0.25, 0.3) is 10.2 Å². The van der Waals surface area contributed by atoms with Crippen molar-refractivity contribution < 1.29 is 9.53 Å². The molecule has 3 rings (SSSR count). The number of fused-ring (bicyclic) bond motifs is 1. The molecule has 6 heteroatoms. The maximum atomic E-state index is 12.4. The molecule has 1 amide bonds. The normalized spacial score (nSPS) is 11.7. The third-order valence-corrected chi connectivity index (χ3v) is 4.78. The molecule has 0 aliphatic carbocycles. The summed E-state index contributed by atoms with van der Waals surface area (Å²) in [5, 5.41) is 0.583. The predicted molar refractivity (Wildman–Crippen MR) is 97.9 cm³/mol. The molecule has 0 saturated carbocycles. The molecule has 1 aromatic heterocycles. The number of nitrogens with zero attached hydrogens (tertiary/aromatic N) is 2. The van der Waals surface area contributed by atoms with Crippen molar-refractivity contribution in [3.05, 3.63) is 70.5 Å². The lowest BCUT2D eigenvalue weighted by atomic mass is 10.2. The molecule has 0 atom stereocenters. The summed E-state index contributed by atoms with van der Waals surface area (Å²) >= 11 is 7.30. The minimum absolute atomic E-state index is 0.310. The molecule has 2 aromatic carbocycles. The molecule has 24 heavy (non-hydrogen) atoms. The lowest BCUT2D eigenvalue weighted by molar-refractivity contribution is 0.0998. The zero-order valence-electron chi connectivity index (χ0n) is 13.0. The van der Waals surface area contributed by atoms with Crippen LogP contribution in [0.15, 0.2) is 60.1 Å². The smallest absolute Gasteiger partial charge is 0.279 e. The number of ether oxygens (including phenoxy) is 1. The number of rotatable bonds is 4. The second-order valence-corrected chi connectivity index (χ2v) is 6.46. The summed E-state index contributed by atoms with van der Waals surface area (Å²) in [6.07, 6.45) is 1.77. The van der Waals surface area contributed by atoms with E-state index >= 15 is 0 Å². The Morgan fingerprint density at radius 1 is 1.33 bits per heavy atom. The molecule has 1 heterocycles. The SMILES string of the molecule is C=CCn1c(=NC(=O)c2ccc(Cl)cc2)sc2cccc(OC)c21. The minimum atomic E-state index is -0.310. The Hall–Kier alpha value is -2.37. The summed E-state index contributed by atoms with van der Waals surface area (Å²) in [5.74, 6) is 0.431. The highest BCUT2D eigenvalue weighted by atomic mass is 35.5. The lowest BCUT2D eigenvalue weighted by Gasteiger charge is -2.06. The third-order valence-electron chi connectivity index (χ3n) is 3.48. The number of thiazole rings is 1. The number of carbonyl (C=O) groups excluding carboxylic acids is 1. The number of para-hydroxylation sites is 1. The van der Waals surface area contributed by atoms with E-state index in [9.17, 15) is 4.79 Å². The van der Waals surface area contributed by atoms with Crippen molar-refractivity contribution in [3.63, 3.8) is 0 Å². The van der Waals surface area contributed by atoms with E-state index in [1.54, 1.807) is 37.5 Å². The first kappa shape index (κ1) is 16.5. The standard InChI is InChI=1S/C18H15ClN2O2S/c1-3-11-21-16-14(23-2)5-4-6-15(16)24-18(21)20-17(22)12-7-9-13(19)10-8-12/h3-10H,1,11H2,2H3. The number of carbonyl (C=O) groups is 1. The predicted octanol–water partition coefficient (Wildman–Crippen LogP) is 4.29. The van der Waals surface area contributed by atoms with Crippen molar-refractivity contribution in [2.24, 2.45) is 4.99 Å². The number of hydrogen-bond acceptors (Lipinski definition) is 3. The molecular formula is C18H15ClN2O2S. The van der Waals surface area contributed by atoms with Crippen LogP contribution >= 0.6 is 22.9 Å². The zero-order valence-corrected chi connectivity index (χ0v) is 14.6. The van der Waals surface area contributed by atoms with E-state index in [2.05, 4.69) is 11.6 Å². The van der Waals surface area contributed by atoms with Gasteiger partial charge in [0.15, 0.2) is 4.80 Å². The molecule has 3 aromatic rings. The van der Waals surface area contributed by atoms with Crippen LogP contribution in [0, 0.1) is 0 Å². The highest BCUT2D eigenvalue weighted by Gasteiger charge is 2.12. The second-order valence-electron chi connectivity index (χ2n) is 5.01. The van der Waals surface area contributed by atoms with Gasteiger partial charge in [-0.25, -0.2) is 0 Å². The summed E-state index contributed by atoms with van der Waals surface area (Å²) in [6.45, 7) is 4.32. The fourth-order valence-corrected chi connectivity index (χ4v) is 3.57. The zero-order chi connectivity index (χ0) is 17.1. The van der Waals surface area contributed by atoms with Gasteiger partial charge in [0.25, 0.3) is 5.91 Å². The number of methoxy groups -OCH3 is 1. The summed E-state index contributed by atoms with van der Waals surface area (Å²) in [4.78, 5) is 17.3. The summed E-state index contributed by atoms with van der Waals surface area (Å²) < 4.78 is 8.37. The average Bonchev–Trinajstić information content (AvgIpc) is 2.93. The molecule has 0 aliphatic rings. The van der Waals surface area contributed by atoms with Gasteiger partial charge in [0.1, 0.15) is 11.3 Å². The first-order valence-corrected chi connectivity index (χ1v) is 8.45. The Morgan fingerprint density at radius 3 is 2.75 bits per heavy atom. The number of halogens is 1. The van der Waals surface area contributed by atoms with Crippen LogP contribution in [0.5, 0.6) is 5.75 Å². The van der Waals surface area contributed by atoms with E-state index in [0.717, 1.165) is 16.0 Å². The maximum Gasteiger partial charge on any atom is 0.279 e. The molecule has 0 bridgehead atoms. The van der Waals surface area contributed by atoms with Crippen molar-refractivity contribution in [1.82, 2.24) is 4.57 Å². The molecule has 4 nitrogen and oxygen atoms in total.